The fourth-order valence-corrected chi connectivity index (χ4v) is 2.46. The zero-order valence-corrected chi connectivity index (χ0v) is 12.3. The number of benzene rings is 1. The maximum atomic E-state index is 3.28. The Hall–Kier alpha value is -0.870. The lowest BCUT2D eigenvalue weighted by Gasteiger charge is -1.96. The molecule has 0 nitrogen and oxygen atoms in total. The quantitative estimate of drug-likeness (QED) is 0.336. The average molecular weight is 260 g/mol. The van der Waals surface area contributed by atoms with E-state index in [9.17, 15) is 0 Å². The van der Waals surface area contributed by atoms with E-state index in [2.05, 4.69) is 43.0 Å². The van der Waals surface area contributed by atoms with Crippen molar-refractivity contribution in [2.75, 3.05) is 5.75 Å². The Bertz CT molecular complexity index is 345. The number of thioether (sulfide) groups is 1. The first-order valence-corrected chi connectivity index (χ1v) is 8.05. The molecule has 0 aliphatic rings. The molecule has 0 unspecified atom stereocenters. The molecular formula is C17H24S. The van der Waals surface area contributed by atoms with E-state index < -0.39 is 0 Å². The maximum Gasteiger partial charge on any atom is 0.0594 e. The highest BCUT2D eigenvalue weighted by atomic mass is 32.2. The number of hydrogen-bond donors (Lipinski definition) is 0. The third-order valence-electron chi connectivity index (χ3n) is 2.83. The Kier molecular flexibility index (Phi) is 9.48. The monoisotopic (exact) mass is 260 g/mol. The minimum Gasteiger partial charge on any atom is -0.113 e. The number of unbranched alkanes of at least 4 members (excludes halogenated alkanes) is 6. The number of rotatable bonds is 8. The molecule has 18 heavy (non-hydrogen) atoms. The van der Waals surface area contributed by atoms with Gasteiger partial charge in [0.25, 0.3) is 0 Å². The fourth-order valence-electron chi connectivity index (χ4n) is 1.77. The molecule has 1 aromatic carbocycles. The summed E-state index contributed by atoms with van der Waals surface area (Å²) in [5.74, 6) is 7.44. The summed E-state index contributed by atoms with van der Waals surface area (Å²) >= 11 is 1.82. The van der Waals surface area contributed by atoms with Crippen LogP contribution in [0.15, 0.2) is 35.2 Å². The Morgan fingerprint density at radius 2 is 1.61 bits per heavy atom. The van der Waals surface area contributed by atoms with Gasteiger partial charge in [-0.05, 0) is 18.6 Å². The van der Waals surface area contributed by atoms with Crippen LogP contribution in [0.1, 0.15) is 51.9 Å². The first-order chi connectivity index (χ1) is 8.93. The lowest BCUT2D eigenvalue weighted by atomic mass is 10.1. The number of hydrogen-bond acceptors (Lipinski definition) is 1. The van der Waals surface area contributed by atoms with Crippen molar-refractivity contribution < 1.29 is 0 Å². The van der Waals surface area contributed by atoms with E-state index in [0.29, 0.717) is 0 Å². The summed E-state index contributed by atoms with van der Waals surface area (Å²) in [5.41, 5.74) is 0. The van der Waals surface area contributed by atoms with E-state index in [0.717, 1.165) is 12.2 Å². The Labute approximate surface area is 117 Å². The van der Waals surface area contributed by atoms with Crippen LogP contribution >= 0.6 is 11.8 Å². The van der Waals surface area contributed by atoms with Gasteiger partial charge in [0.1, 0.15) is 0 Å². The molecule has 0 radical (unpaired) electrons. The molecule has 1 heteroatoms. The molecule has 0 aliphatic heterocycles. The molecule has 0 N–H and O–H groups in total. The van der Waals surface area contributed by atoms with Crippen molar-refractivity contribution in [1.82, 2.24) is 0 Å². The van der Waals surface area contributed by atoms with E-state index in [4.69, 9.17) is 0 Å². The van der Waals surface area contributed by atoms with Crippen molar-refractivity contribution in [3.05, 3.63) is 30.3 Å². The maximum absolute atomic E-state index is 3.28. The highest BCUT2D eigenvalue weighted by Gasteiger charge is 1.89. The Morgan fingerprint density at radius 1 is 0.889 bits per heavy atom. The van der Waals surface area contributed by atoms with E-state index in [1.54, 1.807) is 0 Å². The van der Waals surface area contributed by atoms with Gasteiger partial charge in [0.15, 0.2) is 0 Å². The van der Waals surface area contributed by atoms with Gasteiger partial charge < -0.3 is 0 Å². The van der Waals surface area contributed by atoms with E-state index >= 15 is 0 Å². The summed E-state index contributed by atoms with van der Waals surface area (Å²) in [4.78, 5) is 1.31. The van der Waals surface area contributed by atoms with Crippen molar-refractivity contribution in [2.24, 2.45) is 0 Å². The van der Waals surface area contributed by atoms with E-state index in [-0.39, 0.29) is 0 Å². The van der Waals surface area contributed by atoms with Crippen LogP contribution in [0, 0.1) is 11.8 Å². The first-order valence-electron chi connectivity index (χ1n) is 7.07. The molecule has 0 fully saturated rings. The second-order valence-corrected chi connectivity index (χ2v) is 5.52. The van der Waals surface area contributed by atoms with E-state index in [1.165, 1.54) is 43.4 Å². The summed E-state index contributed by atoms with van der Waals surface area (Å²) in [6.45, 7) is 2.26. The van der Waals surface area contributed by atoms with Crippen LogP contribution in [-0.4, -0.2) is 5.75 Å². The standard InChI is InChI=1S/C17H24S/c1-2-3-4-5-6-7-8-9-13-16-18-17-14-11-10-12-15-17/h10-12,14-15H,2-8,16H2,1H3. The summed E-state index contributed by atoms with van der Waals surface area (Å²) in [6, 6.07) is 10.5. The molecule has 0 bridgehead atoms. The Balaban J connectivity index is 1.95. The van der Waals surface area contributed by atoms with Crippen LogP contribution < -0.4 is 0 Å². The lowest BCUT2D eigenvalue weighted by Crippen LogP contribution is -1.78. The molecule has 1 aromatic rings. The summed E-state index contributed by atoms with van der Waals surface area (Å²) in [7, 11) is 0. The van der Waals surface area contributed by atoms with Gasteiger partial charge in [0.2, 0.25) is 0 Å². The van der Waals surface area contributed by atoms with Gasteiger partial charge in [-0.15, -0.1) is 17.7 Å². The molecule has 0 amide bonds. The van der Waals surface area contributed by atoms with Gasteiger partial charge in [-0.3, -0.25) is 0 Å². The molecule has 1 rings (SSSR count). The molecule has 0 saturated heterocycles. The fraction of sp³-hybridized carbons (Fsp3) is 0.529. The normalized spacial score (nSPS) is 9.83. The average Bonchev–Trinajstić information content (AvgIpc) is 2.42. The Morgan fingerprint density at radius 3 is 2.39 bits per heavy atom. The summed E-state index contributed by atoms with van der Waals surface area (Å²) < 4.78 is 0. The van der Waals surface area contributed by atoms with Gasteiger partial charge in [-0.2, -0.15) is 0 Å². The molecule has 0 saturated carbocycles. The first kappa shape index (κ1) is 15.2. The third-order valence-corrected chi connectivity index (χ3v) is 3.73. The predicted molar refractivity (Wildman–Crippen MR) is 82.9 cm³/mol. The summed E-state index contributed by atoms with van der Waals surface area (Å²) in [6.07, 6.45) is 9.19. The second-order valence-electron chi connectivity index (χ2n) is 4.47. The van der Waals surface area contributed by atoms with Crippen LogP contribution in [0.25, 0.3) is 0 Å². The SMILES string of the molecule is CCCCCCCCC#CCSc1ccccc1. The zero-order valence-electron chi connectivity index (χ0n) is 11.5. The molecule has 0 spiro atoms. The van der Waals surface area contributed by atoms with Gasteiger partial charge >= 0.3 is 0 Å². The van der Waals surface area contributed by atoms with Crippen LogP contribution in [0.5, 0.6) is 0 Å². The zero-order chi connectivity index (χ0) is 12.9. The predicted octanol–water partition coefficient (Wildman–Crippen LogP) is 5.53. The van der Waals surface area contributed by atoms with Crippen molar-refractivity contribution in [1.29, 1.82) is 0 Å². The molecule has 0 heterocycles. The largest absolute Gasteiger partial charge is 0.113 e. The van der Waals surface area contributed by atoms with Crippen LogP contribution in [0.4, 0.5) is 0 Å². The van der Waals surface area contributed by atoms with Crippen molar-refractivity contribution in [3.63, 3.8) is 0 Å². The smallest absolute Gasteiger partial charge is 0.0594 e. The van der Waals surface area contributed by atoms with Gasteiger partial charge in [-0.1, -0.05) is 63.1 Å². The summed E-state index contributed by atoms with van der Waals surface area (Å²) in [5, 5.41) is 0. The highest BCUT2D eigenvalue weighted by molar-refractivity contribution is 7.99. The minimum absolute atomic E-state index is 0.917. The van der Waals surface area contributed by atoms with Gasteiger partial charge in [0.05, 0.1) is 5.75 Å². The topological polar surface area (TPSA) is 0 Å². The molecule has 98 valence electrons. The third kappa shape index (κ3) is 8.25. The highest BCUT2D eigenvalue weighted by Crippen LogP contribution is 2.15. The van der Waals surface area contributed by atoms with Crippen LogP contribution in [0.2, 0.25) is 0 Å². The molecular weight excluding hydrogens is 236 g/mol. The minimum atomic E-state index is 0.917. The van der Waals surface area contributed by atoms with Crippen LogP contribution in [-0.2, 0) is 0 Å². The van der Waals surface area contributed by atoms with Crippen molar-refractivity contribution >= 4 is 11.8 Å². The van der Waals surface area contributed by atoms with Crippen LogP contribution in [0.3, 0.4) is 0 Å². The molecule has 0 atom stereocenters. The van der Waals surface area contributed by atoms with Gasteiger partial charge in [-0.25, -0.2) is 0 Å². The van der Waals surface area contributed by atoms with Gasteiger partial charge in [0, 0.05) is 11.3 Å². The molecule has 0 aliphatic carbocycles. The van der Waals surface area contributed by atoms with Crippen molar-refractivity contribution in [3.8, 4) is 11.8 Å². The molecule has 0 aromatic heterocycles. The van der Waals surface area contributed by atoms with E-state index in [1.807, 2.05) is 17.8 Å². The second kappa shape index (κ2) is 11.2. The lowest BCUT2D eigenvalue weighted by molar-refractivity contribution is 0.614. The van der Waals surface area contributed by atoms with Crippen molar-refractivity contribution in [2.45, 2.75) is 56.8 Å².